The first kappa shape index (κ1) is 16.3. The molecule has 0 bridgehead atoms. The molecular formula is C29H19. The Balaban J connectivity index is 1.88. The second kappa shape index (κ2) is 6.18. The monoisotopic (exact) mass is 367 g/mol. The zero-order chi connectivity index (χ0) is 19.3. The van der Waals surface area contributed by atoms with E-state index < -0.39 is 0 Å². The number of hydrogen-bond acceptors (Lipinski definition) is 0. The molecule has 5 aromatic carbocycles. The Kier molecular flexibility index (Phi) is 3.48. The minimum absolute atomic E-state index is 0.338. The summed E-state index contributed by atoms with van der Waals surface area (Å²) < 4.78 is 0. The van der Waals surface area contributed by atoms with Gasteiger partial charge in [-0.1, -0.05) is 109 Å². The summed E-state index contributed by atoms with van der Waals surface area (Å²) in [4.78, 5) is 0. The maximum Gasteiger partial charge on any atom is 0.0719 e. The predicted octanol–water partition coefficient (Wildman–Crippen LogP) is 7.00. The Morgan fingerprint density at radius 1 is 0.552 bits per heavy atom. The Labute approximate surface area is 171 Å². The lowest BCUT2D eigenvalue weighted by Crippen LogP contribution is -2.28. The molecule has 0 spiro atoms. The first-order valence-electron chi connectivity index (χ1n) is 10.0. The highest BCUT2D eigenvalue weighted by atomic mass is 14.5. The molecule has 0 nitrogen and oxygen atoms in total. The highest BCUT2D eigenvalue weighted by Crippen LogP contribution is 2.57. The van der Waals surface area contributed by atoms with Crippen LogP contribution < -0.4 is 0 Å². The van der Waals surface area contributed by atoms with E-state index in [0.717, 1.165) is 0 Å². The second-order valence-corrected chi connectivity index (χ2v) is 7.66. The molecule has 0 saturated carbocycles. The van der Waals surface area contributed by atoms with Gasteiger partial charge >= 0.3 is 0 Å². The molecule has 1 aliphatic rings. The van der Waals surface area contributed by atoms with E-state index in [1.807, 2.05) is 6.07 Å². The molecule has 1 radical (unpaired) electrons. The van der Waals surface area contributed by atoms with E-state index in [2.05, 4.69) is 115 Å². The summed E-state index contributed by atoms with van der Waals surface area (Å²) in [6, 6.07) is 44.9. The first-order chi connectivity index (χ1) is 14.4. The Morgan fingerprint density at radius 3 is 1.93 bits per heavy atom. The molecule has 0 amide bonds. The van der Waals surface area contributed by atoms with Gasteiger partial charge in [0.05, 0.1) is 5.41 Å². The van der Waals surface area contributed by atoms with E-state index in [1.54, 1.807) is 0 Å². The summed E-state index contributed by atoms with van der Waals surface area (Å²) in [5, 5.41) is 2.53. The van der Waals surface area contributed by atoms with E-state index in [-0.39, 0.29) is 5.41 Å². The number of hydrogen-bond donors (Lipinski definition) is 0. The van der Waals surface area contributed by atoms with Gasteiger partial charge in [-0.25, -0.2) is 0 Å². The first-order valence-corrected chi connectivity index (χ1v) is 10.0. The second-order valence-electron chi connectivity index (χ2n) is 7.66. The highest BCUT2D eigenvalue weighted by molar-refractivity contribution is 6.00. The van der Waals surface area contributed by atoms with Crippen LogP contribution in [0.15, 0.2) is 115 Å². The minimum atomic E-state index is -0.338. The molecule has 5 aromatic rings. The van der Waals surface area contributed by atoms with Gasteiger partial charge in [-0.15, -0.1) is 0 Å². The van der Waals surface area contributed by atoms with Gasteiger partial charge in [0.2, 0.25) is 0 Å². The lowest BCUT2D eigenvalue weighted by atomic mass is 9.67. The molecule has 135 valence electrons. The molecule has 0 heteroatoms. The molecule has 0 unspecified atom stereocenters. The van der Waals surface area contributed by atoms with Gasteiger partial charge in [-0.2, -0.15) is 0 Å². The van der Waals surface area contributed by atoms with Gasteiger partial charge in [0.25, 0.3) is 0 Å². The van der Waals surface area contributed by atoms with Crippen molar-refractivity contribution in [3.8, 4) is 11.1 Å². The average Bonchev–Trinajstić information content (AvgIpc) is 3.12. The van der Waals surface area contributed by atoms with Crippen molar-refractivity contribution in [1.29, 1.82) is 0 Å². The minimum Gasteiger partial charge on any atom is -0.0622 e. The van der Waals surface area contributed by atoms with Gasteiger partial charge < -0.3 is 0 Å². The fourth-order valence-electron chi connectivity index (χ4n) is 5.16. The molecule has 1 aliphatic carbocycles. The summed E-state index contributed by atoms with van der Waals surface area (Å²) in [5.74, 6) is 0. The molecular weight excluding hydrogens is 348 g/mol. The van der Waals surface area contributed by atoms with E-state index in [9.17, 15) is 0 Å². The van der Waals surface area contributed by atoms with Crippen LogP contribution in [0.5, 0.6) is 0 Å². The smallest absolute Gasteiger partial charge is 0.0622 e. The van der Waals surface area contributed by atoms with E-state index in [1.165, 1.54) is 44.2 Å². The zero-order valence-electron chi connectivity index (χ0n) is 16.0. The fraction of sp³-hybridized carbons (Fsp3) is 0.0345. The van der Waals surface area contributed by atoms with Crippen molar-refractivity contribution in [2.75, 3.05) is 0 Å². The summed E-state index contributed by atoms with van der Waals surface area (Å²) >= 11 is 0. The number of fused-ring (bicyclic) bond motifs is 5. The summed E-state index contributed by atoms with van der Waals surface area (Å²) in [6.45, 7) is 0. The molecule has 0 fully saturated rings. The van der Waals surface area contributed by atoms with Crippen molar-refractivity contribution in [3.63, 3.8) is 0 Å². The molecule has 0 aromatic heterocycles. The largest absolute Gasteiger partial charge is 0.0719 e. The molecule has 0 N–H and O–H groups in total. The van der Waals surface area contributed by atoms with Gasteiger partial charge in [0.1, 0.15) is 0 Å². The zero-order valence-corrected chi connectivity index (χ0v) is 16.0. The summed E-state index contributed by atoms with van der Waals surface area (Å²) in [6.07, 6.45) is 0. The molecule has 0 aliphatic heterocycles. The van der Waals surface area contributed by atoms with Crippen LogP contribution in [0.4, 0.5) is 0 Å². The standard InChI is InChI=1S/C29H19/c1-3-12-22(13-4-1)29(23-14-5-2-6-15-23)27-18-10-9-17-25(27)26-20-19-21-11-7-8-16-24(21)28(26)29/h1-6,8-20H. The van der Waals surface area contributed by atoms with Crippen LogP contribution in [-0.2, 0) is 5.41 Å². The molecule has 0 atom stereocenters. The van der Waals surface area contributed by atoms with E-state index in [4.69, 9.17) is 0 Å². The maximum absolute atomic E-state index is 3.25. The Morgan fingerprint density at radius 2 is 1.21 bits per heavy atom. The van der Waals surface area contributed by atoms with Crippen molar-refractivity contribution in [2.45, 2.75) is 5.41 Å². The predicted molar refractivity (Wildman–Crippen MR) is 120 cm³/mol. The van der Waals surface area contributed by atoms with Crippen molar-refractivity contribution in [1.82, 2.24) is 0 Å². The SMILES string of the molecule is [c]1ccc2c3c(ccc2c1)-c1ccccc1C3(c1ccccc1)c1ccccc1. The van der Waals surface area contributed by atoms with Gasteiger partial charge in [0.15, 0.2) is 0 Å². The Hall–Kier alpha value is -3.64. The van der Waals surface area contributed by atoms with Gasteiger partial charge in [0, 0.05) is 0 Å². The molecule has 0 heterocycles. The summed E-state index contributed by atoms with van der Waals surface area (Å²) in [7, 11) is 0. The van der Waals surface area contributed by atoms with Gasteiger partial charge in [-0.05, 0) is 56.3 Å². The van der Waals surface area contributed by atoms with Crippen molar-refractivity contribution in [3.05, 3.63) is 144 Å². The Bertz CT molecular complexity index is 1290. The van der Waals surface area contributed by atoms with Crippen molar-refractivity contribution >= 4 is 10.8 Å². The van der Waals surface area contributed by atoms with Crippen LogP contribution in [0.25, 0.3) is 21.9 Å². The van der Waals surface area contributed by atoms with Gasteiger partial charge in [-0.3, -0.25) is 0 Å². The van der Waals surface area contributed by atoms with E-state index >= 15 is 0 Å². The number of rotatable bonds is 2. The van der Waals surface area contributed by atoms with Crippen LogP contribution >= 0.6 is 0 Å². The lowest BCUT2D eigenvalue weighted by molar-refractivity contribution is 0.775. The van der Waals surface area contributed by atoms with Crippen LogP contribution in [0, 0.1) is 6.07 Å². The third kappa shape index (κ3) is 2.14. The van der Waals surface area contributed by atoms with E-state index in [0.29, 0.717) is 0 Å². The van der Waals surface area contributed by atoms with Crippen LogP contribution in [0.3, 0.4) is 0 Å². The molecule has 6 rings (SSSR count). The molecule has 0 saturated heterocycles. The molecule has 29 heavy (non-hydrogen) atoms. The third-order valence-corrected chi connectivity index (χ3v) is 6.27. The van der Waals surface area contributed by atoms with Crippen LogP contribution in [0.1, 0.15) is 22.3 Å². The fourth-order valence-corrected chi connectivity index (χ4v) is 5.16. The topological polar surface area (TPSA) is 0 Å². The highest BCUT2D eigenvalue weighted by Gasteiger charge is 2.46. The normalized spacial score (nSPS) is 13.8. The average molecular weight is 367 g/mol. The quantitative estimate of drug-likeness (QED) is 0.309. The number of benzene rings is 5. The lowest BCUT2D eigenvalue weighted by Gasteiger charge is -2.34. The third-order valence-electron chi connectivity index (χ3n) is 6.27. The van der Waals surface area contributed by atoms with Crippen molar-refractivity contribution in [2.24, 2.45) is 0 Å². The van der Waals surface area contributed by atoms with Crippen LogP contribution in [-0.4, -0.2) is 0 Å². The van der Waals surface area contributed by atoms with Crippen molar-refractivity contribution < 1.29 is 0 Å². The maximum atomic E-state index is 3.25. The van der Waals surface area contributed by atoms with Crippen LogP contribution in [0.2, 0.25) is 0 Å². The summed E-state index contributed by atoms with van der Waals surface area (Å²) in [5.41, 5.74) is 7.65.